The zero-order chi connectivity index (χ0) is 21.2. The Kier molecular flexibility index (Phi) is 5.66. The van der Waals surface area contributed by atoms with Gasteiger partial charge in [-0.1, -0.05) is 6.07 Å². The molecule has 2 amide bonds. The number of nitro benzene ring substituents is 1. The highest BCUT2D eigenvalue weighted by molar-refractivity contribution is 7.89. The van der Waals surface area contributed by atoms with Crippen LogP contribution in [-0.2, 0) is 10.0 Å². The largest absolute Gasteiger partial charge is 0.455 e. The van der Waals surface area contributed by atoms with Gasteiger partial charge in [0.2, 0.25) is 10.0 Å². The van der Waals surface area contributed by atoms with Crippen LogP contribution in [0.3, 0.4) is 0 Å². The molecule has 11 nitrogen and oxygen atoms in total. The molecule has 0 saturated carbocycles. The van der Waals surface area contributed by atoms with Crippen LogP contribution < -0.4 is 10.9 Å². The highest BCUT2D eigenvalue weighted by Crippen LogP contribution is 2.26. The number of aryl methyl sites for hydroxylation is 1. The normalized spacial score (nSPS) is 14.5. The minimum absolute atomic E-state index is 0.0348. The molecule has 12 heteroatoms. The number of sulfonamides is 1. The summed E-state index contributed by atoms with van der Waals surface area (Å²) in [6.45, 7) is 2.25. The molecule has 2 heterocycles. The number of carbonyl (C=O) groups is 2. The van der Waals surface area contributed by atoms with E-state index in [1.165, 1.54) is 29.4 Å². The van der Waals surface area contributed by atoms with Crippen LogP contribution in [0.5, 0.6) is 0 Å². The van der Waals surface area contributed by atoms with Gasteiger partial charge < -0.3 is 4.42 Å². The van der Waals surface area contributed by atoms with E-state index < -0.39 is 26.8 Å². The van der Waals surface area contributed by atoms with Gasteiger partial charge in [-0.15, -0.1) is 0 Å². The fourth-order valence-electron chi connectivity index (χ4n) is 2.91. The summed E-state index contributed by atoms with van der Waals surface area (Å²) in [6, 6.07) is 6.06. The molecule has 1 aromatic carbocycles. The van der Waals surface area contributed by atoms with Crippen molar-refractivity contribution in [3.8, 4) is 0 Å². The Labute approximate surface area is 165 Å². The molecule has 0 aliphatic carbocycles. The maximum absolute atomic E-state index is 12.6. The van der Waals surface area contributed by atoms with Crippen molar-refractivity contribution in [3.63, 3.8) is 0 Å². The lowest BCUT2D eigenvalue weighted by atomic mass is 10.2. The number of rotatable bonds is 5. The van der Waals surface area contributed by atoms with E-state index in [9.17, 15) is 28.1 Å². The van der Waals surface area contributed by atoms with Crippen LogP contribution >= 0.6 is 0 Å². The quantitative estimate of drug-likeness (QED) is 0.545. The van der Waals surface area contributed by atoms with E-state index in [2.05, 4.69) is 10.9 Å². The number of nitrogens with zero attached hydrogens (tertiary/aromatic N) is 2. The van der Waals surface area contributed by atoms with Gasteiger partial charge in [-0.05, 0) is 25.8 Å². The number of nitrogens with one attached hydrogen (secondary N) is 2. The zero-order valence-corrected chi connectivity index (χ0v) is 16.2. The van der Waals surface area contributed by atoms with Crippen molar-refractivity contribution in [1.82, 2.24) is 15.2 Å². The molecule has 1 aliphatic rings. The van der Waals surface area contributed by atoms with Crippen LogP contribution in [0.2, 0.25) is 0 Å². The van der Waals surface area contributed by atoms with E-state index in [-0.39, 0.29) is 27.7 Å². The lowest BCUT2D eigenvalue weighted by Crippen LogP contribution is -2.41. The van der Waals surface area contributed by atoms with E-state index >= 15 is 0 Å². The number of nitro groups is 1. The second-order valence-electron chi connectivity index (χ2n) is 6.36. The van der Waals surface area contributed by atoms with Gasteiger partial charge in [-0.2, -0.15) is 4.31 Å². The van der Waals surface area contributed by atoms with Crippen LogP contribution in [0.15, 0.2) is 39.6 Å². The Balaban J connectivity index is 1.69. The molecule has 2 N–H and O–H groups in total. The number of hydrazine groups is 1. The minimum Gasteiger partial charge on any atom is -0.455 e. The van der Waals surface area contributed by atoms with Crippen LogP contribution in [0.4, 0.5) is 5.69 Å². The second-order valence-corrected chi connectivity index (χ2v) is 8.26. The van der Waals surface area contributed by atoms with Gasteiger partial charge in [0.1, 0.15) is 10.7 Å². The maximum atomic E-state index is 12.6. The van der Waals surface area contributed by atoms with E-state index in [0.717, 1.165) is 25.0 Å². The first-order valence-electron chi connectivity index (χ1n) is 8.66. The monoisotopic (exact) mass is 422 g/mol. The first kappa shape index (κ1) is 20.5. The van der Waals surface area contributed by atoms with Crippen LogP contribution in [0, 0.1) is 17.0 Å². The van der Waals surface area contributed by atoms with Crippen molar-refractivity contribution in [2.24, 2.45) is 0 Å². The molecule has 0 unspecified atom stereocenters. The lowest BCUT2D eigenvalue weighted by molar-refractivity contribution is -0.384. The average molecular weight is 422 g/mol. The molecule has 1 aliphatic heterocycles. The Morgan fingerprint density at radius 3 is 2.45 bits per heavy atom. The van der Waals surface area contributed by atoms with E-state index in [1.54, 1.807) is 0 Å². The van der Waals surface area contributed by atoms with Crippen molar-refractivity contribution >= 4 is 27.5 Å². The molecule has 29 heavy (non-hydrogen) atoms. The zero-order valence-electron chi connectivity index (χ0n) is 15.4. The minimum atomic E-state index is -3.76. The predicted molar refractivity (Wildman–Crippen MR) is 99.5 cm³/mol. The van der Waals surface area contributed by atoms with E-state index in [4.69, 9.17) is 4.42 Å². The number of benzene rings is 1. The maximum Gasteiger partial charge on any atom is 0.305 e. The van der Waals surface area contributed by atoms with Gasteiger partial charge in [-0.25, -0.2) is 8.42 Å². The number of carbonyl (C=O) groups excluding carboxylic acids is 2. The highest BCUT2D eigenvalue weighted by atomic mass is 32.2. The van der Waals surface area contributed by atoms with Gasteiger partial charge >= 0.3 is 5.91 Å². The van der Waals surface area contributed by atoms with Gasteiger partial charge in [-0.3, -0.25) is 30.6 Å². The molecule has 2 aromatic rings. The summed E-state index contributed by atoms with van der Waals surface area (Å²) < 4.78 is 31.9. The molecule has 1 fully saturated rings. The lowest BCUT2D eigenvalue weighted by Gasteiger charge is -2.14. The third-order valence-corrected chi connectivity index (χ3v) is 6.39. The van der Waals surface area contributed by atoms with E-state index in [0.29, 0.717) is 13.1 Å². The second kappa shape index (κ2) is 8.01. The molecule has 1 aromatic heterocycles. The summed E-state index contributed by atoms with van der Waals surface area (Å²) in [4.78, 5) is 34.3. The molecule has 0 atom stereocenters. The SMILES string of the molecule is Cc1oc(C(=O)NNC(=O)c2cccc([N+](=O)[O-])c2)cc1S(=O)(=O)N1CCCC1. The smallest absolute Gasteiger partial charge is 0.305 e. The molecule has 3 rings (SSSR count). The summed E-state index contributed by atoms with van der Waals surface area (Å²) in [7, 11) is -3.76. The summed E-state index contributed by atoms with van der Waals surface area (Å²) >= 11 is 0. The fourth-order valence-corrected chi connectivity index (χ4v) is 4.59. The van der Waals surface area contributed by atoms with Crippen LogP contribution in [0.1, 0.15) is 39.5 Å². The Hall–Kier alpha value is -3.25. The third-order valence-electron chi connectivity index (χ3n) is 4.39. The third kappa shape index (κ3) is 4.27. The number of hydrogen-bond acceptors (Lipinski definition) is 7. The Morgan fingerprint density at radius 2 is 1.79 bits per heavy atom. The van der Waals surface area contributed by atoms with Crippen molar-refractivity contribution in [1.29, 1.82) is 0 Å². The topological polar surface area (TPSA) is 152 Å². The van der Waals surface area contributed by atoms with Crippen LogP contribution in [0.25, 0.3) is 0 Å². The van der Waals surface area contributed by atoms with E-state index in [1.807, 2.05) is 0 Å². The molecule has 0 radical (unpaired) electrons. The highest BCUT2D eigenvalue weighted by Gasteiger charge is 2.31. The number of non-ortho nitro benzene ring substituents is 1. The van der Waals surface area contributed by atoms with Crippen molar-refractivity contribution in [3.05, 3.63) is 57.5 Å². The Morgan fingerprint density at radius 1 is 1.14 bits per heavy atom. The van der Waals surface area contributed by atoms with Crippen molar-refractivity contribution < 1.29 is 27.3 Å². The fraction of sp³-hybridized carbons (Fsp3) is 0.294. The first-order valence-corrected chi connectivity index (χ1v) is 10.1. The summed E-state index contributed by atoms with van der Waals surface area (Å²) in [6.07, 6.45) is 1.54. The predicted octanol–water partition coefficient (Wildman–Crippen LogP) is 1.36. The van der Waals surface area contributed by atoms with Crippen molar-refractivity contribution in [2.45, 2.75) is 24.7 Å². The van der Waals surface area contributed by atoms with Gasteiger partial charge in [0.15, 0.2) is 5.76 Å². The molecular weight excluding hydrogens is 404 g/mol. The average Bonchev–Trinajstić information content (AvgIpc) is 3.36. The Bertz CT molecular complexity index is 1070. The van der Waals surface area contributed by atoms with Crippen molar-refractivity contribution in [2.75, 3.05) is 13.1 Å². The van der Waals surface area contributed by atoms with Crippen LogP contribution in [-0.4, -0.2) is 42.6 Å². The number of amides is 2. The molecule has 154 valence electrons. The molecular formula is C17H18N4O7S. The molecule has 0 bridgehead atoms. The standard InChI is InChI=1S/C17H18N4O7S/c1-11-15(29(26,27)20-7-2-3-8-20)10-14(28-11)17(23)19-18-16(22)12-5-4-6-13(9-12)21(24)25/h4-6,9-10H,2-3,7-8H2,1H3,(H,18,22)(H,19,23). The molecule has 0 spiro atoms. The van der Waals surface area contributed by atoms with Gasteiger partial charge in [0.25, 0.3) is 11.6 Å². The van der Waals surface area contributed by atoms with Gasteiger partial charge in [0.05, 0.1) is 4.92 Å². The number of hydrogen-bond donors (Lipinski definition) is 2. The molecule has 1 saturated heterocycles. The first-order chi connectivity index (χ1) is 13.7. The summed E-state index contributed by atoms with van der Waals surface area (Å²) in [5.41, 5.74) is 3.89. The summed E-state index contributed by atoms with van der Waals surface area (Å²) in [5.74, 6) is -1.88. The van der Waals surface area contributed by atoms with Gasteiger partial charge in [0, 0.05) is 36.9 Å². The summed E-state index contributed by atoms with van der Waals surface area (Å²) in [5, 5.41) is 10.8. The number of furan rings is 1.